The summed E-state index contributed by atoms with van der Waals surface area (Å²) in [6.45, 7) is 11.8. The molecule has 0 N–H and O–H groups in total. The molecular formula is C18H30Na. The maximum atomic E-state index is 2.41. The molecule has 3 unspecified atom stereocenters. The third-order valence-corrected chi connectivity index (χ3v) is 3.80. The van der Waals surface area contributed by atoms with Crippen LogP contribution in [0, 0.1) is 17.8 Å². The predicted molar refractivity (Wildman–Crippen MR) is 87.6 cm³/mol. The van der Waals surface area contributed by atoms with E-state index in [0.717, 1.165) is 17.8 Å². The molecule has 1 heteroatoms. The quantitative estimate of drug-likeness (QED) is 0.573. The molecule has 0 heterocycles. The third-order valence-electron chi connectivity index (χ3n) is 3.80. The van der Waals surface area contributed by atoms with E-state index < -0.39 is 0 Å². The van der Waals surface area contributed by atoms with E-state index in [0.29, 0.717) is 5.92 Å². The van der Waals surface area contributed by atoms with Crippen LogP contribution in [0.2, 0.25) is 0 Å². The Morgan fingerprint density at radius 2 is 1.26 bits per heavy atom. The Hall–Kier alpha value is 0.220. The van der Waals surface area contributed by atoms with Crippen molar-refractivity contribution in [3.63, 3.8) is 0 Å². The third kappa shape index (κ3) is 8.17. The first-order chi connectivity index (χ1) is 8.49. The Labute approximate surface area is 142 Å². The van der Waals surface area contributed by atoms with Gasteiger partial charge < -0.3 is 0 Å². The fourth-order valence-electron chi connectivity index (χ4n) is 3.21. The second kappa shape index (κ2) is 10.0. The first-order valence-electron chi connectivity index (χ1n) is 7.54. The Balaban J connectivity index is 0.00000324. The van der Waals surface area contributed by atoms with Crippen molar-refractivity contribution in [2.75, 3.05) is 0 Å². The fraction of sp³-hybridized carbons (Fsp3) is 0.667. The van der Waals surface area contributed by atoms with Crippen LogP contribution in [0.4, 0.5) is 0 Å². The van der Waals surface area contributed by atoms with Crippen molar-refractivity contribution >= 4 is 29.6 Å². The van der Waals surface area contributed by atoms with E-state index in [4.69, 9.17) is 0 Å². The van der Waals surface area contributed by atoms with Crippen LogP contribution in [-0.2, 0) is 0 Å². The topological polar surface area (TPSA) is 0 Å². The molecule has 0 saturated carbocycles. The van der Waals surface area contributed by atoms with E-state index in [1.165, 1.54) is 24.8 Å². The van der Waals surface area contributed by atoms with Crippen molar-refractivity contribution in [1.29, 1.82) is 0 Å². The molecule has 0 aliphatic rings. The van der Waals surface area contributed by atoms with Gasteiger partial charge in [-0.05, 0) is 48.5 Å². The second-order valence-electron chi connectivity index (χ2n) is 6.62. The van der Waals surface area contributed by atoms with Crippen molar-refractivity contribution in [1.82, 2.24) is 0 Å². The van der Waals surface area contributed by atoms with Gasteiger partial charge in [0.05, 0.1) is 0 Å². The number of benzene rings is 1. The average molecular weight is 269 g/mol. The number of hydrogen-bond acceptors (Lipinski definition) is 0. The van der Waals surface area contributed by atoms with E-state index in [2.05, 4.69) is 65.0 Å². The molecule has 0 amide bonds. The molecule has 103 valence electrons. The molecule has 0 aliphatic carbocycles. The van der Waals surface area contributed by atoms with E-state index >= 15 is 0 Å². The summed E-state index contributed by atoms with van der Waals surface area (Å²) in [4.78, 5) is 0. The summed E-state index contributed by atoms with van der Waals surface area (Å²) < 4.78 is 0. The minimum atomic E-state index is 0. The van der Waals surface area contributed by atoms with Crippen LogP contribution in [0.1, 0.15) is 65.4 Å². The second-order valence-corrected chi connectivity index (χ2v) is 6.62. The smallest absolute Gasteiger partial charge is 0 e. The molecule has 0 aliphatic heterocycles. The molecule has 1 rings (SSSR count). The molecule has 0 saturated heterocycles. The van der Waals surface area contributed by atoms with Gasteiger partial charge in [0.25, 0.3) is 0 Å². The van der Waals surface area contributed by atoms with Crippen LogP contribution >= 0.6 is 0 Å². The minimum absolute atomic E-state index is 0. The molecule has 0 fully saturated rings. The summed E-state index contributed by atoms with van der Waals surface area (Å²) in [7, 11) is 0. The zero-order chi connectivity index (χ0) is 13.5. The van der Waals surface area contributed by atoms with Gasteiger partial charge in [-0.3, -0.25) is 0 Å². The van der Waals surface area contributed by atoms with Gasteiger partial charge in [0.1, 0.15) is 0 Å². The normalized spacial score (nSPS) is 15.7. The molecule has 0 bridgehead atoms. The standard InChI is InChI=1S/C18H30.Na/c1-14(2)11-15(3)12-16(4)13-17(5)18-9-7-6-8-10-18;/h6-10,14-17H,11-13H2,1-5H3;. The number of rotatable bonds is 7. The van der Waals surface area contributed by atoms with Gasteiger partial charge in [-0.1, -0.05) is 65.0 Å². The molecule has 0 spiro atoms. The van der Waals surface area contributed by atoms with Gasteiger partial charge in [-0.15, -0.1) is 0 Å². The van der Waals surface area contributed by atoms with E-state index in [9.17, 15) is 0 Å². The largest absolute Gasteiger partial charge is 0.0628 e. The van der Waals surface area contributed by atoms with E-state index in [-0.39, 0.29) is 29.6 Å². The zero-order valence-corrected chi connectivity index (χ0v) is 15.8. The Bertz CT molecular complexity index is 318. The first kappa shape index (κ1) is 19.2. The van der Waals surface area contributed by atoms with Crippen LogP contribution < -0.4 is 0 Å². The minimum Gasteiger partial charge on any atom is -0.0628 e. The molecule has 1 aromatic carbocycles. The zero-order valence-electron chi connectivity index (χ0n) is 13.8. The molecule has 3 atom stereocenters. The summed E-state index contributed by atoms with van der Waals surface area (Å²) >= 11 is 0. The van der Waals surface area contributed by atoms with Crippen LogP contribution in [0.15, 0.2) is 30.3 Å². The summed E-state index contributed by atoms with van der Waals surface area (Å²) in [5.41, 5.74) is 1.49. The Morgan fingerprint density at radius 3 is 1.79 bits per heavy atom. The van der Waals surface area contributed by atoms with E-state index in [1.54, 1.807) is 0 Å². The number of hydrogen-bond donors (Lipinski definition) is 0. The summed E-state index contributed by atoms with van der Waals surface area (Å²) in [6.07, 6.45) is 4.05. The SMILES string of the molecule is CC(C)CC(C)CC(C)CC(C)c1ccccc1.[Na]. The van der Waals surface area contributed by atoms with Gasteiger partial charge in [-0.25, -0.2) is 0 Å². The van der Waals surface area contributed by atoms with Crippen LogP contribution in [-0.4, -0.2) is 29.6 Å². The maximum absolute atomic E-state index is 2.41. The van der Waals surface area contributed by atoms with Gasteiger partial charge in [0, 0.05) is 29.6 Å². The van der Waals surface area contributed by atoms with Crippen molar-refractivity contribution in [3.8, 4) is 0 Å². The van der Waals surface area contributed by atoms with E-state index in [1.807, 2.05) is 0 Å². The molecule has 0 aromatic heterocycles. The monoisotopic (exact) mass is 269 g/mol. The van der Waals surface area contributed by atoms with Gasteiger partial charge in [0.15, 0.2) is 0 Å². The maximum Gasteiger partial charge on any atom is 0 e. The van der Waals surface area contributed by atoms with Crippen molar-refractivity contribution in [2.24, 2.45) is 17.8 Å². The Kier molecular flexibility index (Phi) is 10.1. The first-order valence-corrected chi connectivity index (χ1v) is 7.54. The fourth-order valence-corrected chi connectivity index (χ4v) is 3.21. The molecule has 19 heavy (non-hydrogen) atoms. The molecule has 1 aromatic rings. The van der Waals surface area contributed by atoms with Gasteiger partial charge in [-0.2, -0.15) is 0 Å². The summed E-state index contributed by atoms with van der Waals surface area (Å²) in [6, 6.07) is 10.9. The summed E-state index contributed by atoms with van der Waals surface area (Å²) in [5, 5.41) is 0. The summed E-state index contributed by atoms with van der Waals surface area (Å²) in [5.74, 6) is 3.21. The van der Waals surface area contributed by atoms with Gasteiger partial charge >= 0.3 is 0 Å². The van der Waals surface area contributed by atoms with Crippen LogP contribution in [0.5, 0.6) is 0 Å². The predicted octanol–water partition coefficient (Wildman–Crippen LogP) is 5.51. The Morgan fingerprint density at radius 1 is 0.737 bits per heavy atom. The van der Waals surface area contributed by atoms with Crippen LogP contribution in [0.3, 0.4) is 0 Å². The van der Waals surface area contributed by atoms with Crippen molar-refractivity contribution < 1.29 is 0 Å². The molecule has 0 nitrogen and oxygen atoms in total. The van der Waals surface area contributed by atoms with Gasteiger partial charge in [0.2, 0.25) is 0 Å². The molecule has 1 radical (unpaired) electrons. The average Bonchev–Trinajstić information content (AvgIpc) is 2.28. The van der Waals surface area contributed by atoms with Crippen molar-refractivity contribution in [3.05, 3.63) is 35.9 Å². The van der Waals surface area contributed by atoms with Crippen molar-refractivity contribution in [2.45, 2.75) is 59.8 Å². The van der Waals surface area contributed by atoms with Crippen LogP contribution in [0.25, 0.3) is 0 Å². The molecular weight excluding hydrogens is 239 g/mol.